The van der Waals surface area contributed by atoms with Crippen LogP contribution in [0.25, 0.3) is 0 Å². The molecule has 5 nitrogen and oxygen atoms in total. The lowest BCUT2D eigenvalue weighted by Crippen LogP contribution is -2.27. The first-order valence-corrected chi connectivity index (χ1v) is 5.24. The second-order valence-corrected chi connectivity index (χ2v) is 3.75. The van der Waals surface area contributed by atoms with E-state index in [0.717, 1.165) is 12.2 Å². The minimum absolute atomic E-state index is 0.266. The maximum Gasteiger partial charge on any atom is 0.317 e. The molecule has 0 radical (unpaired) electrons. The van der Waals surface area contributed by atoms with Crippen LogP contribution in [-0.2, 0) is 0 Å². The molecule has 0 atom stereocenters. The van der Waals surface area contributed by atoms with E-state index in [0.29, 0.717) is 18.3 Å². The predicted octanol–water partition coefficient (Wildman–Crippen LogP) is 1.03. The van der Waals surface area contributed by atoms with Crippen molar-refractivity contribution >= 4 is 0 Å². The fourth-order valence-corrected chi connectivity index (χ4v) is 1.15. The van der Waals surface area contributed by atoms with Gasteiger partial charge in [0.15, 0.2) is 0 Å². The monoisotopic (exact) mass is 220 g/mol. The van der Waals surface area contributed by atoms with E-state index in [4.69, 9.17) is 10.00 Å². The molecule has 0 fully saturated rings. The van der Waals surface area contributed by atoms with Crippen molar-refractivity contribution in [3.63, 3.8) is 0 Å². The maximum atomic E-state index is 8.72. The van der Waals surface area contributed by atoms with E-state index in [1.54, 1.807) is 6.07 Å². The van der Waals surface area contributed by atoms with Gasteiger partial charge in [0.1, 0.15) is 18.4 Å². The Labute approximate surface area is 95.5 Å². The van der Waals surface area contributed by atoms with E-state index in [1.165, 1.54) is 0 Å². The summed E-state index contributed by atoms with van der Waals surface area (Å²) in [6, 6.07) is 4.29. The Morgan fingerprint density at radius 3 is 2.88 bits per heavy atom. The summed E-state index contributed by atoms with van der Waals surface area (Å²) >= 11 is 0. The van der Waals surface area contributed by atoms with Crippen LogP contribution in [0.4, 0.5) is 0 Å². The number of nitrogens with one attached hydrogen (secondary N) is 1. The summed E-state index contributed by atoms with van der Waals surface area (Å²) in [5.74, 6) is 0. The molecule has 0 aromatic carbocycles. The third-order valence-electron chi connectivity index (χ3n) is 1.83. The Morgan fingerprint density at radius 2 is 2.25 bits per heavy atom. The van der Waals surface area contributed by atoms with Crippen molar-refractivity contribution in [2.45, 2.75) is 26.8 Å². The molecular weight excluding hydrogens is 204 g/mol. The first-order chi connectivity index (χ1) is 7.61. The van der Waals surface area contributed by atoms with Crippen LogP contribution in [-0.4, -0.2) is 29.2 Å². The maximum absolute atomic E-state index is 8.72. The third kappa shape index (κ3) is 4.24. The van der Waals surface area contributed by atoms with Crippen molar-refractivity contribution in [1.82, 2.24) is 15.3 Å². The molecule has 0 aliphatic carbocycles. The summed E-state index contributed by atoms with van der Waals surface area (Å²) in [5, 5.41) is 11.9. The fraction of sp³-hybridized carbons (Fsp3) is 0.545. The molecule has 0 saturated heterocycles. The topological polar surface area (TPSA) is 70.8 Å². The normalized spacial score (nSPS) is 10.2. The number of hydrogen-bond donors (Lipinski definition) is 1. The van der Waals surface area contributed by atoms with Crippen molar-refractivity contribution in [1.29, 1.82) is 5.26 Å². The Hall–Kier alpha value is -1.67. The standard InChI is InChI=1S/C11H16N4O/c1-8(2)13-4-5-16-11-14-9(3)6-10(7-12)15-11/h6,8,13H,4-5H2,1-3H3. The predicted molar refractivity (Wildman–Crippen MR) is 60.1 cm³/mol. The van der Waals surface area contributed by atoms with Crippen molar-refractivity contribution in [2.75, 3.05) is 13.2 Å². The van der Waals surface area contributed by atoms with E-state index >= 15 is 0 Å². The molecule has 0 unspecified atom stereocenters. The minimum Gasteiger partial charge on any atom is -0.462 e. The lowest BCUT2D eigenvalue weighted by molar-refractivity contribution is 0.285. The van der Waals surface area contributed by atoms with Gasteiger partial charge in [-0.15, -0.1) is 0 Å². The van der Waals surface area contributed by atoms with Gasteiger partial charge >= 0.3 is 6.01 Å². The lowest BCUT2D eigenvalue weighted by atomic mass is 10.3. The second-order valence-electron chi connectivity index (χ2n) is 3.75. The molecule has 1 aromatic rings. The number of hydrogen-bond acceptors (Lipinski definition) is 5. The average molecular weight is 220 g/mol. The summed E-state index contributed by atoms with van der Waals surface area (Å²) in [5.41, 5.74) is 1.07. The quantitative estimate of drug-likeness (QED) is 0.750. The molecule has 0 aliphatic rings. The van der Waals surface area contributed by atoms with Gasteiger partial charge in [-0.3, -0.25) is 0 Å². The highest BCUT2D eigenvalue weighted by atomic mass is 16.5. The lowest BCUT2D eigenvalue weighted by Gasteiger charge is -2.08. The molecule has 1 N–H and O–H groups in total. The van der Waals surface area contributed by atoms with Crippen LogP contribution in [0.15, 0.2) is 6.07 Å². The summed E-state index contributed by atoms with van der Waals surface area (Å²) in [7, 11) is 0. The van der Waals surface area contributed by atoms with Crippen molar-refractivity contribution in [3.8, 4) is 12.1 Å². The van der Waals surface area contributed by atoms with E-state index in [9.17, 15) is 0 Å². The Morgan fingerprint density at radius 1 is 1.50 bits per heavy atom. The van der Waals surface area contributed by atoms with Crippen molar-refractivity contribution in [2.24, 2.45) is 0 Å². The number of ether oxygens (including phenoxy) is 1. The van der Waals surface area contributed by atoms with Crippen molar-refractivity contribution < 1.29 is 4.74 Å². The smallest absolute Gasteiger partial charge is 0.317 e. The molecule has 16 heavy (non-hydrogen) atoms. The summed E-state index contributed by atoms with van der Waals surface area (Å²) in [6.07, 6.45) is 0. The number of nitrogens with zero attached hydrogens (tertiary/aromatic N) is 3. The summed E-state index contributed by atoms with van der Waals surface area (Å²) in [6.45, 7) is 7.17. The summed E-state index contributed by atoms with van der Waals surface area (Å²) < 4.78 is 5.34. The van der Waals surface area contributed by atoms with Gasteiger partial charge in [-0.25, -0.2) is 4.98 Å². The Balaban J connectivity index is 2.48. The Bertz CT molecular complexity index is 384. The number of rotatable bonds is 5. The molecular formula is C11H16N4O. The average Bonchev–Trinajstić information content (AvgIpc) is 2.23. The van der Waals surface area contributed by atoms with Crippen LogP contribution < -0.4 is 10.1 Å². The van der Waals surface area contributed by atoms with Gasteiger partial charge in [0, 0.05) is 18.3 Å². The second kappa shape index (κ2) is 6.03. The molecule has 1 rings (SSSR count). The third-order valence-corrected chi connectivity index (χ3v) is 1.83. The van der Waals surface area contributed by atoms with Crippen LogP contribution in [0, 0.1) is 18.3 Å². The fourth-order valence-electron chi connectivity index (χ4n) is 1.15. The van der Waals surface area contributed by atoms with E-state index in [1.807, 2.05) is 13.0 Å². The van der Waals surface area contributed by atoms with Crippen LogP contribution in [0.1, 0.15) is 25.2 Å². The highest BCUT2D eigenvalue weighted by Gasteiger charge is 2.02. The number of nitriles is 1. The van der Waals surface area contributed by atoms with E-state index in [-0.39, 0.29) is 6.01 Å². The van der Waals surface area contributed by atoms with Crippen LogP contribution in [0.2, 0.25) is 0 Å². The molecule has 0 amide bonds. The zero-order chi connectivity index (χ0) is 12.0. The largest absolute Gasteiger partial charge is 0.462 e. The van der Waals surface area contributed by atoms with Crippen molar-refractivity contribution in [3.05, 3.63) is 17.5 Å². The van der Waals surface area contributed by atoms with Gasteiger partial charge in [-0.05, 0) is 13.0 Å². The van der Waals surface area contributed by atoms with E-state index in [2.05, 4.69) is 29.1 Å². The molecule has 1 aromatic heterocycles. The molecule has 86 valence electrons. The van der Waals surface area contributed by atoms with Gasteiger partial charge in [0.05, 0.1) is 0 Å². The highest BCUT2D eigenvalue weighted by molar-refractivity contribution is 5.23. The van der Waals surface area contributed by atoms with Crippen LogP contribution in [0.3, 0.4) is 0 Å². The highest BCUT2D eigenvalue weighted by Crippen LogP contribution is 2.05. The molecule has 5 heteroatoms. The Kier molecular flexibility index (Phi) is 4.67. The van der Waals surface area contributed by atoms with Gasteiger partial charge < -0.3 is 10.1 Å². The zero-order valence-corrected chi connectivity index (χ0v) is 9.82. The first kappa shape index (κ1) is 12.4. The van der Waals surface area contributed by atoms with Crippen LogP contribution in [0.5, 0.6) is 6.01 Å². The van der Waals surface area contributed by atoms with Crippen LogP contribution >= 0.6 is 0 Å². The SMILES string of the molecule is Cc1cc(C#N)nc(OCCNC(C)C)n1. The molecule has 0 saturated carbocycles. The molecule has 0 spiro atoms. The summed E-state index contributed by atoms with van der Waals surface area (Å²) in [4.78, 5) is 8.03. The molecule has 0 aliphatic heterocycles. The molecule has 1 heterocycles. The zero-order valence-electron chi connectivity index (χ0n) is 9.82. The minimum atomic E-state index is 0.266. The van der Waals surface area contributed by atoms with Gasteiger partial charge in [-0.2, -0.15) is 10.2 Å². The number of aromatic nitrogens is 2. The van der Waals surface area contributed by atoms with Gasteiger partial charge in [0.25, 0.3) is 0 Å². The van der Waals surface area contributed by atoms with E-state index < -0.39 is 0 Å². The van der Waals surface area contributed by atoms with Gasteiger partial charge in [-0.1, -0.05) is 13.8 Å². The number of aryl methyl sites for hydroxylation is 1. The first-order valence-electron chi connectivity index (χ1n) is 5.24. The molecule has 0 bridgehead atoms. The van der Waals surface area contributed by atoms with Gasteiger partial charge in [0.2, 0.25) is 0 Å².